The molecule has 4 rings (SSSR count). The van der Waals surface area contributed by atoms with Crippen molar-refractivity contribution < 1.29 is 9.18 Å². The molecule has 0 bridgehead atoms. The summed E-state index contributed by atoms with van der Waals surface area (Å²) in [6.45, 7) is 7.37. The molecule has 2 aromatic carbocycles. The number of aryl methyl sites for hydroxylation is 1. The maximum Gasteiger partial charge on any atom is 0.166 e. The van der Waals surface area contributed by atoms with E-state index in [2.05, 4.69) is 27.4 Å². The van der Waals surface area contributed by atoms with Crippen LogP contribution in [0.5, 0.6) is 0 Å². The Kier molecular flexibility index (Phi) is 5.44. The number of para-hydroxylation sites is 1. The first kappa shape index (κ1) is 18.7. The number of ketones is 1. The number of piperazine rings is 1. The highest BCUT2D eigenvalue weighted by molar-refractivity contribution is 6.08. The third-order valence-electron chi connectivity index (χ3n) is 5.65. The molecule has 1 saturated heterocycles. The van der Waals surface area contributed by atoms with E-state index in [1.165, 1.54) is 12.1 Å². The maximum absolute atomic E-state index is 13.1. The molecule has 0 atom stereocenters. The Labute approximate surface area is 165 Å². The number of carbonyl (C=O) groups excluding carboxylic acids is 1. The molecule has 3 aromatic rings. The first-order chi connectivity index (χ1) is 13.7. The molecule has 0 aliphatic carbocycles. The molecule has 1 aliphatic rings. The lowest BCUT2D eigenvalue weighted by atomic mass is 10.1. The minimum Gasteiger partial charge on any atom is -0.369 e. The van der Waals surface area contributed by atoms with Crippen LogP contribution in [0, 0.1) is 5.82 Å². The van der Waals surface area contributed by atoms with Gasteiger partial charge in [0.05, 0.1) is 0 Å². The van der Waals surface area contributed by atoms with E-state index in [9.17, 15) is 9.18 Å². The third kappa shape index (κ3) is 3.80. The lowest BCUT2D eigenvalue weighted by Crippen LogP contribution is -2.46. The van der Waals surface area contributed by atoms with Gasteiger partial charge in [-0.2, -0.15) is 0 Å². The number of hydrogen-bond acceptors (Lipinski definition) is 3. The summed E-state index contributed by atoms with van der Waals surface area (Å²) < 4.78 is 15.2. The van der Waals surface area contributed by atoms with Gasteiger partial charge in [0, 0.05) is 74.0 Å². The topological polar surface area (TPSA) is 28.5 Å². The number of halogens is 1. The van der Waals surface area contributed by atoms with Crippen molar-refractivity contribution in [2.75, 3.05) is 37.6 Å². The number of fused-ring (bicyclic) bond motifs is 1. The number of rotatable bonds is 6. The van der Waals surface area contributed by atoms with Gasteiger partial charge in [-0.3, -0.25) is 9.69 Å². The third-order valence-corrected chi connectivity index (χ3v) is 5.65. The van der Waals surface area contributed by atoms with Crippen LogP contribution in [-0.4, -0.2) is 48.0 Å². The average Bonchev–Trinajstić information content (AvgIpc) is 3.12. The van der Waals surface area contributed by atoms with E-state index in [0.29, 0.717) is 6.42 Å². The Morgan fingerprint density at radius 2 is 1.71 bits per heavy atom. The fourth-order valence-corrected chi connectivity index (χ4v) is 4.01. The molecule has 0 N–H and O–H groups in total. The van der Waals surface area contributed by atoms with Gasteiger partial charge in [-0.05, 0) is 37.3 Å². The van der Waals surface area contributed by atoms with Crippen LogP contribution in [0.25, 0.3) is 10.9 Å². The summed E-state index contributed by atoms with van der Waals surface area (Å²) in [6.07, 6.45) is 2.54. The van der Waals surface area contributed by atoms with Crippen molar-refractivity contribution in [1.82, 2.24) is 9.47 Å². The molecule has 2 heterocycles. The largest absolute Gasteiger partial charge is 0.369 e. The lowest BCUT2D eigenvalue weighted by molar-refractivity contribution is 0.0964. The molecule has 1 aliphatic heterocycles. The van der Waals surface area contributed by atoms with E-state index >= 15 is 0 Å². The quantitative estimate of drug-likeness (QED) is 0.601. The normalized spacial score (nSPS) is 15.3. The van der Waals surface area contributed by atoms with Gasteiger partial charge in [0.1, 0.15) is 5.82 Å². The van der Waals surface area contributed by atoms with E-state index in [4.69, 9.17) is 0 Å². The minimum absolute atomic E-state index is 0.203. The summed E-state index contributed by atoms with van der Waals surface area (Å²) in [7, 11) is 0. The standard InChI is InChI=1S/C23H26FN3O/c1-2-26-17-21(20-5-3-4-6-22(20)26)23(28)11-12-25-13-15-27(16-14-25)19-9-7-18(24)8-10-19/h3-10,17H,2,11-16H2,1H3. The van der Waals surface area contributed by atoms with Gasteiger partial charge in [-0.15, -0.1) is 0 Å². The number of nitrogens with zero attached hydrogens (tertiary/aromatic N) is 3. The lowest BCUT2D eigenvalue weighted by Gasteiger charge is -2.36. The molecule has 146 valence electrons. The smallest absolute Gasteiger partial charge is 0.166 e. The van der Waals surface area contributed by atoms with Crippen LogP contribution in [0.15, 0.2) is 54.7 Å². The van der Waals surface area contributed by atoms with Crippen LogP contribution in [-0.2, 0) is 6.54 Å². The molecule has 1 fully saturated rings. The van der Waals surface area contributed by atoms with Crippen molar-refractivity contribution in [3.63, 3.8) is 0 Å². The number of benzene rings is 2. The van der Waals surface area contributed by atoms with Crippen LogP contribution in [0.3, 0.4) is 0 Å². The van der Waals surface area contributed by atoms with Crippen molar-refractivity contribution in [2.24, 2.45) is 0 Å². The van der Waals surface area contributed by atoms with Crippen molar-refractivity contribution in [3.05, 3.63) is 66.1 Å². The molecule has 5 heteroatoms. The van der Waals surface area contributed by atoms with E-state index < -0.39 is 0 Å². The molecule has 0 unspecified atom stereocenters. The van der Waals surface area contributed by atoms with Crippen LogP contribution in [0.4, 0.5) is 10.1 Å². The molecule has 0 radical (unpaired) electrons. The Balaban J connectivity index is 1.34. The molecular formula is C23H26FN3O. The zero-order valence-electron chi connectivity index (χ0n) is 16.3. The number of carbonyl (C=O) groups is 1. The van der Waals surface area contributed by atoms with E-state index in [1.807, 2.05) is 36.5 Å². The summed E-state index contributed by atoms with van der Waals surface area (Å²) in [5, 5.41) is 1.05. The Morgan fingerprint density at radius 3 is 2.43 bits per heavy atom. The molecule has 0 saturated carbocycles. The fraction of sp³-hybridized carbons (Fsp3) is 0.348. The van der Waals surface area contributed by atoms with E-state index in [0.717, 1.165) is 61.4 Å². The number of anilines is 1. The highest BCUT2D eigenvalue weighted by Crippen LogP contribution is 2.23. The predicted molar refractivity (Wildman–Crippen MR) is 112 cm³/mol. The zero-order valence-corrected chi connectivity index (χ0v) is 16.3. The average molecular weight is 379 g/mol. The second-order valence-electron chi connectivity index (χ2n) is 7.32. The number of aromatic nitrogens is 1. The van der Waals surface area contributed by atoms with E-state index in [1.54, 1.807) is 0 Å². The van der Waals surface area contributed by atoms with Crippen LogP contribution >= 0.6 is 0 Å². The summed E-state index contributed by atoms with van der Waals surface area (Å²) in [4.78, 5) is 17.5. The van der Waals surface area contributed by atoms with Gasteiger partial charge >= 0.3 is 0 Å². The molecule has 0 spiro atoms. The second-order valence-corrected chi connectivity index (χ2v) is 7.32. The van der Waals surface area contributed by atoms with Gasteiger partial charge in [0.25, 0.3) is 0 Å². The molecule has 4 nitrogen and oxygen atoms in total. The fourth-order valence-electron chi connectivity index (χ4n) is 4.01. The van der Waals surface area contributed by atoms with Gasteiger partial charge < -0.3 is 9.47 Å². The molecule has 28 heavy (non-hydrogen) atoms. The predicted octanol–water partition coefficient (Wildman–Crippen LogP) is 4.20. The molecular weight excluding hydrogens is 353 g/mol. The highest BCUT2D eigenvalue weighted by atomic mass is 19.1. The molecule has 0 amide bonds. The first-order valence-electron chi connectivity index (χ1n) is 9.99. The van der Waals surface area contributed by atoms with Gasteiger partial charge in [0.15, 0.2) is 5.78 Å². The van der Waals surface area contributed by atoms with Crippen molar-refractivity contribution >= 4 is 22.4 Å². The highest BCUT2D eigenvalue weighted by Gasteiger charge is 2.19. The van der Waals surface area contributed by atoms with Crippen LogP contribution in [0.2, 0.25) is 0 Å². The monoisotopic (exact) mass is 379 g/mol. The first-order valence-corrected chi connectivity index (χ1v) is 9.99. The van der Waals surface area contributed by atoms with Gasteiger partial charge in [0.2, 0.25) is 0 Å². The SMILES string of the molecule is CCn1cc(C(=O)CCN2CCN(c3ccc(F)cc3)CC2)c2ccccc21. The minimum atomic E-state index is -0.203. The zero-order chi connectivity index (χ0) is 19.5. The maximum atomic E-state index is 13.1. The van der Waals surface area contributed by atoms with Crippen molar-refractivity contribution in [3.8, 4) is 0 Å². The Bertz CT molecular complexity index is 956. The number of hydrogen-bond donors (Lipinski definition) is 0. The summed E-state index contributed by atoms with van der Waals surface area (Å²) in [5.41, 5.74) is 3.02. The van der Waals surface area contributed by atoms with Crippen LogP contribution in [0.1, 0.15) is 23.7 Å². The Hall–Kier alpha value is -2.66. The van der Waals surface area contributed by atoms with Gasteiger partial charge in [-0.1, -0.05) is 18.2 Å². The van der Waals surface area contributed by atoms with Crippen molar-refractivity contribution in [1.29, 1.82) is 0 Å². The Morgan fingerprint density at radius 1 is 1.00 bits per heavy atom. The summed E-state index contributed by atoms with van der Waals surface area (Å²) in [6, 6.07) is 14.8. The van der Waals surface area contributed by atoms with Crippen LogP contribution < -0.4 is 4.90 Å². The second kappa shape index (κ2) is 8.15. The van der Waals surface area contributed by atoms with Crippen molar-refractivity contribution in [2.45, 2.75) is 19.9 Å². The number of Topliss-reactive ketones (excluding diaryl/α,β-unsaturated/α-hetero) is 1. The van der Waals surface area contributed by atoms with E-state index in [-0.39, 0.29) is 11.6 Å². The molecule has 1 aromatic heterocycles. The van der Waals surface area contributed by atoms with Gasteiger partial charge in [-0.25, -0.2) is 4.39 Å². The summed E-state index contributed by atoms with van der Waals surface area (Å²) in [5.74, 6) is 0.00897. The summed E-state index contributed by atoms with van der Waals surface area (Å²) >= 11 is 0.